The van der Waals surface area contributed by atoms with Crippen LogP contribution in [0.1, 0.15) is 245 Å². The zero-order chi connectivity index (χ0) is 43.7. The first kappa shape index (κ1) is 57.1. The lowest BCUT2D eigenvalue weighted by Crippen LogP contribution is -2.30. The highest BCUT2D eigenvalue weighted by molar-refractivity contribution is 5.71. The molecule has 0 spiro atoms. The minimum atomic E-state index is -0.808. The maximum absolute atomic E-state index is 12.7. The average molecular weight is 839 g/mol. The third-order valence-electron chi connectivity index (χ3n) is 10.8. The minimum absolute atomic E-state index is 0.102. The Kier molecular flexibility index (Phi) is 46.4. The molecule has 6 nitrogen and oxygen atoms in total. The lowest BCUT2D eigenvalue weighted by molar-refractivity contribution is -0.166. The molecule has 60 heavy (non-hydrogen) atoms. The second-order valence-corrected chi connectivity index (χ2v) is 16.7. The smallest absolute Gasteiger partial charge is 0.306 e. The molecule has 0 aliphatic rings. The number of carbonyl (C=O) groups excluding carboxylic acids is 3. The van der Waals surface area contributed by atoms with Crippen molar-refractivity contribution < 1.29 is 28.6 Å². The molecular weight excluding hydrogens is 745 g/mol. The van der Waals surface area contributed by atoms with Crippen LogP contribution in [0.3, 0.4) is 0 Å². The maximum Gasteiger partial charge on any atom is 0.306 e. The van der Waals surface area contributed by atoms with E-state index in [-0.39, 0.29) is 37.5 Å². The summed E-state index contributed by atoms with van der Waals surface area (Å²) in [6.07, 6.45) is 59.5. The first-order chi connectivity index (χ1) is 29.5. The average Bonchev–Trinajstić information content (AvgIpc) is 3.24. The van der Waals surface area contributed by atoms with Gasteiger partial charge in [-0.2, -0.15) is 0 Å². The fourth-order valence-electron chi connectivity index (χ4n) is 6.98. The van der Waals surface area contributed by atoms with E-state index in [1.807, 2.05) is 12.2 Å². The molecule has 1 atom stereocenters. The summed E-state index contributed by atoms with van der Waals surface area (Å²) in [5.41, 5.74) is 0. The lowest BCUT2D eigenvalue weighted by atomic mass is 10.1. The molecule has 0 aromatic carbocycles. The van der Waals surface area contributed by atoms with Gasteiger partial charge in [-0.05, 0) is 70.6 Å². The molecule has 6 heteroatoms. The van der Waals surface area contributed by atoms with Gasteiger partial charge in [-0.3, -0.25) is 14.4 Å². The molecule has 0 fully saturated rings. The monoisotopic (exact) mass is 839 g/mol. The van der Waals surface area contributed by atoms with Crippen LogP contribution in [0.5, 0.6) is 0 Å². The second kappa shape index (κ2) is 48.8. The van der Waals surface area contributed by atoms with Crippen LogP contribution >= 0.6 is 0 Å². The first-order valence-electron chi connectivity index (χ1n) is 25.3. The molecule has 0 rings (SSSR count). The zero-order valence-electron chi connectivity index (χ0n) is 39.5. The minimum Gasteiger partial charge on any atom is -0.462 e. The van der Waals surface area contributed by atoms with E-state index in [0.29, 0.717) is 19.3 Å². The van der Waals surface area contributed by atoms with E-state index in [2.05, 4.69) is 69.4 Å². The van der Waals surface area contributed by atoms with Gasteiger partial charge in [0.25, 0.3) is 0 Å². The molecule has 0 aromatic heterocycles. The van der Waals surface area contributed by atoms with E-state index < -0.39 is 6.10 Å². The van der Waals surface area contributed by atoms with Crippen LogP contribution in [0, 0.1) is 0 Å². The van der Waals surface area contributed by atoms with Gasteiger partial charge in [-0.25, -0.2) is 0 Å². The van der Waals surface area contributed by atoms with Gasteiger partial charge in [0.2, 0.25) is 0 Å². The molecule has 0 aromatic rings. The second-order valence-electron chi connectivity index (χ2n) is 16.7. The van der Waals surface area contributed by atoms with Crippen LogP contribution < -0.4 is 0 Å². The van der Waals surface area contributed by atoms with Crippen molar-refractivity contribution in [3.05, 3.63) is 60.8 Å². The van der Waals surface area contributed by atoms with Gasteiger partial charge in [0, 0.05) is 19.3 Å². The van der Waals surface area contributed by atoms with Crippen LogP contribution in [0.25, 0.3) is 0 Å². The first-order valence-corrected chi connectivity index (χ1v) is 25.3. The Bertz CT molecular complexity index is 1100. The number of rotatable bonds is 45. The van der Waals surface area contributed by atoms with E-state index in [4.69, 9.17) is 14.2 Å². The molecule has 0 amide bonds. The van der Waals surface area contributed by atoms with Crippen molar-refractivity contribution in [2.75, 3.05) is 13.2 Å². The number of hydrogen-bond acceptors (Lipinski definition) is 6. The molecule has 0 bridgehead atoms. The Morgan fingerprint density at radius 2 is 0.683 bits per heavy atom. The van der Waals surface area contributed by atoms with Crippen molar-refractivity contribution in [2.24, 2.45) is 0 Å². The van der Waals surface area contributed by atoms with Gasteiger partial charge in [-0.1, -0.05) is 216 Å². The van der Waals surface area contributed by atoms with Gasteiger partial charge in [0.1, 0.15) is 13.2 Å². The number of hydrogen-bond donors (Lipinski definition) is 0. The number of ether oxygens (including phenoxy) is 3. The summed E-state index contributed by atoms with van der Waals surface area (Å²) >= 11 is 0. The summed E-state index contributed by atoms with van der Waals surface area (Å²) < 4.78 is 16.6. The summed E-state index contributed by atoms with van der Waals surface area (Å²) in [7, 11) is 0. The number of carbonyl (C=O) groups is 3. The SMILES string of the molecule is CC/C=C\C/C=C\C/C=C\C/C=C\CCC(=O)OC(COC(=O)CCCCCCCCCC)COC(=O)CCCCCCCCCCC/C=C\CCCCCCCCCC. The summed E-state index contributed by atoms with van der Waals surface area (Å²) in [6, 6.07) is 0. The number of esters is 3. The fraction of sp³-hybridized carbons (Fsp3) is 0.759. The summed E-state index contributed by atoms with van der Waals surface area (Å²) in [5.74, 6) is -0.989. The van der Waals surface area contributed by atoms with Crippen molar-refractivity contribution in [3.63, 3.8) is 0 Å². The third-order valence-corrected chi connectivity index (χ3v) is 10.8. The van der Waals surface area contributed by atoms with E-state index >= 15 is 0 Å². The highest BCUT2D eigenvalue weighted by Gasteiger charge is 2.19. The molecular formula is C54H94O6. The highest BCUT2D eigenvalue weighted by Crippen LogP contribution is 2.14. The Labute approximate surface area is 370 Å². The van der Waals surface area contributed by atoms with E-state index in [0.717, 1.165) is 64.2 Å². The normalized spacial score (nSPS) is 12.5. The highest BCUT2D eigenvalue weighted by atomic mass is 16.6. The van der Waals surface area contributed by atoms with Crippen molar-refractivity contribution in [1.29, 1.82) is 0 Å². The van der Waals surface area contributed by atoms with Gasteiger partial charge in [0.05, 0.1) is 0 Å². The van der Waals surface area contributed by atoms with Crippen LogP contribution in [0.15, 0.2) is 60.8 Å². The van der Waals surface area contributed by atoms with Gasteiger partial charge in [-0.15, -0.1) is 0 Å². The van der Waals surface area contributed by atoms with Crippen LogP contribution in [0.2, 0.25) is 0 Å². The third kappa shape index (κ3) is 46.2. The molecule has 0 N–H and O–H groups in total. The van der Waals surface area contributed by atoms with Crippen LogP contribution in [-0.2, 0) is 28.6 Å². The van der Waals surface area contributed by atoms with E-state index in [1.165, 1.54) is 135 Å². The molecule has 0 saturated carbocycles. The lowest BCUT2D eigenvalue weighted by Gasteiger charge is -2.18. The molecule has 1 unspecified atom stereocenters. The van der Waals surface area contributed by atoms with E-state index in [9.17, 15) is 14.4 Å². The predicted octanol–water partition coefficient (Wildman–Crippen LogP) is 16.5. The van der Waals surface area contributed by atoms with Crippen molar-refractivity contribution >= 4 is 17.9 Å². The van der Waals surface area contributed by atoms with Crippen molar-refractivity contribution in [3.8, 4) is 0 Å². The Morgan fingerprint density at radius 1 is 0.350 bits per heavy atom. The maximum atomic E-state index is 12.7. The molecule has 0 aliphatic heterocycles. The topological polar surface area (TPSA) is 78.9 Å². The van der Waals surface area contributed by atoms with Gasteiger partial charge in [0.15, 0.2) is 6.10 Å². The van der Waals surface area contributed by atoms with Crippen LogP contribution in [-0.4, -0.2) is 37.2 Å². The van der Waals surface area contributed by atoms with Crippen LogP contribution in [0.4, 0.5) is 0 Å². The summed E-state index contributed by atoms with van der Waals surface area (Å²) in [4.78, 5) is 37.7. The standard InChI is InChI=1S/C54H94O6/c1-4-7-10-13-16-19-21-23-24-25-26-27-28-29-30-32-33-35-38-41-44-47-53(56)59-50-51(49-58-52(55)46-43-40-37-18-15-12-9-6-3)60-54(57)48-45-42-39-36-34-31-22-20-17-14-11-8-5-2/h8,11,17,20,25-26,31,34,39,42,51H,4-7,9-10,12-16,18-19,21-24,27-30,32-33,35-38,40-41,43-50H2,1-3H3/b11-8-,20-17-,26-25-,34-31-,42-39-. The fourth-order valence-corrected chi connectivity index (χ4v) is 6.98. The quantitative estimate of drug-likeness (QED) is 0.0263. The molecule has 0 radical (unpaired) electrons. The summed E-state index contributed by atoms with van der Waals surface area (Å²) in [5, 5.41) is 0. The van der Waals surface area contributed by atoms with E-state index in [1.54, 1.807) is 0 Å². The zero-order valence-corrected chi connectivity index (χ0v) is 39.5. The number of unbranched alkanes of at least 4 members (excludes halogenated alkanes) is 24. The van der Waals surface area contributed by atoms with Gasteiger partial charge >= 0.3 is 17.9 Å². The molecule has 346 valence electrons. The Hall–Kier alpha value is -2.89. The Balaban J connectivity index is 4.29. The largest absolute Gasteiger partial charge is 0.462 e. The molecule has 0 heterocycles. The van der Waals surface area contributed by atoms with Crippen molar-refractivity contribution in [2.45, 2.75) is 252 Å². The van der Waals surface area contributed by atoms with Crippen molar-refractivity contribution in [1.82, 2.24) is 0 Å². The summed E-state index contributed by atoms with van der Waals surface area (Å²) in [6.45, 7) is 6.43. The Morgan fingerprint density at radius 3 is 1.08 bits per heavy atom. The number of allylic oxidation sites excluding steroid dienone is 10. The molecule has 0 aliphatic carbocycles. The van der Waals surface area contributed by atoms with Gasteiger partial charge < -0.3 is 14.2 Å². The molecule has 0 saturated heterocycles. The predicted molar refractivity (Wildman–Crippen MR) is 256 cm³/mol.